The molecule has 4 nitrogen and oxygen atoms in total. The van der Waals surface area contributed by atoms with Gasteiger partial charge in [-0.1, -0.05) is 6.07 Å². The van der Waals surface area contributed by atoms with Crippen LogP contribution in [0, 0.1) is 0 Å². The van der Waals surface area contributed by atoms with Crippen molar-refractivity contribution in [2.45, 2.75) is 30.6 Å². The highest BCUT2D eigenvalue weighted by Crippen LogP contribution is 2.26. The van der Waals surface area contributed by atoms with Gasteiger partial charge in [-0.25, -0.2) is 12.7 Å². The molecule has 0 radical (unpaired) electrons. The minimum atomic E-state index is -3.42. The van der Waals surface area contributed by atoms with Crippen LogP contribution in [0.4, 0.5) is 0 Å². The summed E-state index contributed by atoms with van der Waals surface area (Å²) in [5.41, 5.74) is 2.46. The lowest BCUT2D eigenvalue weighted by atomic mass is 10.1. The summed E-state index contributed by atoms with van der Waals surface area (Å²) in [5, 5.41) is 0. The number of aryl methyl sites for hydroxylation is 2. The number of hydrogen-bond donors (Lipinski definition) is 0. The van der Waals surface area contributed by atoms with E-state index in [0.717, 1.165) is 25.0 Å². The molecule has 0 aliphatic heterocycles. The molecule has 5 heteroatoms. The van der Waals surface area contributed by atoms with Crippen molar-refractivity contribution in [2.24, 2.45) is 0 Å². The zero-order valence-electron chi connectivity index (χ0n) is 12.1. The third-order valence-electron chi connectivity index (χ3n) is 4.03. The second-order valence-electron chi connectivity index (χ2n) is 5.44. The van der Waals surface area contributed by atoms with Crippen molar-refractivity contribution in [3.05, 3.63) is 53.5 Å². The molecule has 0 saturated heterocycles. The summed E-state index contributed by atoms with van der Waals surface area (Å²) in [4.78, 5) is 0.394. The predicted octanol–water partition coefficient (Wildman–Crippen LogP) is 2.63. The van der Waals surface area contributed by atoms with E-state index in [-0.39, 0.29) is 0 Å². The molecule has 0 amide bonds. The minimum Gasteiger partial charge on any atom is -0.469 e. The Morgan fingerprint density at radius 3 is 2.76 bits per heavy atom. The average Bonchev–Trinajstić information content (AvgIpc) is 3.14. The van der Waals surface area contributed by atoms with Crippen LogP contribution in [0.5, 0.6) is 0 Å². The highest BCUT2D eigenvalue weighted by Gasteiger charge is 2.23. The third-order valence-corrected chi connectivity index (χ3v) is 5.88. The molecule has 2 aromatic rings. The van der Waals surface area contributed by atoms with Gasteiger partial charge < -0.3 is 4.42 Å². The van der Waals surface area contributed by atoms with Crippen molar-refractivity contribution in [3.8, 4) is 0 Å². The Bertz CT molecular complexity index is 720. The third kappa shape index (κ3) is 2.89. The van der Waals surface area contributed by atoms with Gasteiger partial charge in [-0.3, -0.25) is 0 Å². The minimum absolute atomic E-state index is 0.394. The van der Waals surface area contributed by atoms with E-state index in [4.69, 9.17) is 4.42 Å². The van der Waals surface area contributed by atoms with Crippen LogP contribution in [0.25, 0.3) is 0 Å². The van der Waals surface area contributed by atoms with Crippen LogP contribution in [0.3, 0.4) is 0 Å². The Labute approximate surface area is 125 Å². The van der Waals surface area contributed by atoms with Crippen LogP contribution in [-0.4, -0.2) is 26.3 Å². The number of likely N-dealkylation sites (N-methyl/N-ethyl adjacent to an activating group) is 1. The van der Waals surface area contributed by atoms with Gasteiger partial charge in [-0.05, 0) is 54.7 Å². The van der Waals surface area contributed by atoms with Gasteiger partial charge in [0.25, 0.3) is 0 Å². The topological polar surface area (TPSA) is 50.5 Å². The van der Waals surface area contributed by atoms with Gasteiger partial charge in [-0.15, -0.1) is 0 Å². The first-order chi connectivity index (χ1) is 10.1. The van der Waals surface area contributed by atoms with Crippen molar-refractivity contribution in [1.29, 1.82) is 0 Å². The van der Waals surface area contributed by atoms with Crippen molar-refractivity contribution in [2.75, 3.05) is 13.6 Å². The van der Waals surface area contributed by atoms with Crippen LogP contribution in [0.15, 0.2) is 45.9 Å². The van der Waals surface area contributed by atoms with Crippen molar-refractivity contribution in [3.63, 3.8) is 0 Å². The van der Waals surface area contributed by atoms with Crippen LogP contribution in [0.2, 0.25) is 0 Å². The van der Waals surface area contributed by atoms with E-state index in [1.165, 1.54) is 15.4 Å². The molecule has 3 rings (SSSR count). The van der Waals surface area contributed by atoms with Gasteiger partial charge in [0.2, 0.25) is 10.0 Å². The molecule has 0 fully saturated rings. The molecule has 0 N–H and O–H groups in total. The monoisotopic (exact) mass is 305 g/mol. The molecule has 1 aliphatic rings. The first-order valence-electron chi connectivity index (χ1n) is 7.18. The summed E-state index contributed by atoms with van der Waals surface area (Å²) in [6.07, 6.45) is 5.34. The Balaban J connectivity index is 1.76. The summed E-state index contributed by atoms with van der Waals surface area (Å²) in [6, 6.07) is 9.18. The Hall–Kier alpha value is -1.59. The van der Waals surface area contributed by atoms with Gasteiger partial charge in [0.15, 0.2) is 0 Å². The molecule has 112 valence electrons. The Kier molecular flexibility index (Phi) is 3.87. The second kappa shape index (κ2) is 5.66. The van der Waals surface area contributed by atoms with E-state index in [0.29, 0.717) is 17.9 Å². The lowest BCUT2D eigenvalue weighted by Gasteiger charge is -2.17. The van der Waals surface area contributed by atoms with Crippen LogP contribution in [0.1, 0.15) is 23.3 Å². The van der Waals surface area contributed by atoms with E-state index >= 15 is 0 Å². The number of rotatable bonds is 5. The number of sulfonamides is 1. The summed E-state index contributed by atoms with van der Waals surface area (Å²) in [6.45, 7) is 0.410. The fraction of sp³-hybridized carbons (Fsp3) is 0.375. The Morgan fingerprint density at radius 2 is 2.00 bits per heavy atom. The predicted molar refractivity (Wildman–Crippen MR) is 80.7 cm³/mol. The van der Waals surface area contributed by atoms with Crippen molar-refractivity contribution >= 4 is 10.0 Å². The van der Waals surface area contributed by atoms with Gasteiger partial charge in [-0.2, -0.15) is 0 Å². The zero-order chi connectivity index (χ0) is 14.9. The molecule has 0 saturated carbocycles. The second-order valence-corrected chi connectivity index (χ2v) is 7.48. The molecule has 1 heterocycles. The van der Waals surface area contributed by atoms with E-state index in [1.807, 2.05) is 24.3 Å². The molecule has 0 spiro atoms. The van der Waals surface area contributed by atoms with E-state index in [2.05, 4.69) is 0 Å². The number of hydrogen-bond acceptors (Lipinski definition) is 3. The van der Waals surface area contributed by atoms with Crippen molar-refractivity contribution in [1.82, 2.24) is 4.31 Å². The highest BCUT2D eigenvalue weighted by atomic mass is 32.2. The maximum atomic E-state index is 12.6. The largest absolute Gasteiger partial charge is 0.469 e. The smallest absolute Gasteiger partial charge is 0.242 e. The molecule has 1 aromatic heterocycles. The number of benzene rings is 1. The fourth-order valence-electron chi connectivity index (χ4n) is 2.73. The average molecular weight is 305 g/mol. The molecule has 0 atom stereocenters. The fourth-order valence-corrected chi connectivity index (χ4v) is 3.95. The zero-order valence-corrected chi connectivity index (χ0v) is 12.9. The number of furan rings is 1. The lowest BCUT2D eigenvalue weighted by Crippen LogP contribution is -2.29. The van der Waals surface area contributed by atoms with Gasteiger partial charge in [0.1, 0.15) is 5.76 Å². The van der Waals surface area contributed by atoms with Crippen LogP contribution in [-0.2, 0) is 29.3 Å². The summed E-state index contributed by atoms with van der Waals surface area (Å²) < 4.78 is 31.8. The molecule has 21 heavy (non-hydrogen) atoms. The summed E-state index contributed by atoms with van der Waals surface area (Å²) in [5.74, 6) is 0.797. The quantitative estimate of drug-likeness (QED) is 0.853. The van der Waals surface area contributed by atoms with E-state index in [1.54, 1.807) is 19.4 Å². The number of nitrogens with zero attached hydrogens (tertiary/aromatic N) is 1. The first-order valence-corrected chi connectivity index (χ1v) is 8.62. The lowest BCUT2D eigenvalue weighted by molar-refractivity contribution is 0.441. The normalized spacial score (nSPS) is 14.6. The van der Waals surface area contributed by atoms with Gasteiger partial charge >= 0.3 is 0 Å². The highest BCUT2D eigenvalue weighted by molar-refractivity contribution is 7.89. The van der Waals surface area contributed by atoms with Gasteiger partial charge in [0.05, 0.1) is 11.2 Å². The van der Waals surface area contributed by atoms with Crippen molar-refractivity contribution < 1.29 is 12.8 Å². The maximum Gasteiger partial charge on any atom is 0.242 e. The molecule has 1 aliphatic carbocycles. The summed E-state index contributed by atoms with van der Waals surface area (Å²) in [7, 11) is -1.81. The molecular formula is C16H19NO3S. The maximum absolute atomic E-state index is 12.6. The van der Waals surface area contributed by atoms with Crippen LogP contribution < -0.4 is 0 Å². The molecular weight excluding hydrogens is 286 g/mol. The van der Waals surface area contributed by atoms with E-state index < -0.39 is 10.0 Å². The molecule has 0 bridgehead atoms. The SMILES string of the molecule is CN(CCc1ccco1)S(=O)(=O)c1ccc2c(c1)CCC2. The van der Waals surface area contributed by atoms with Gasteiger partial charge in [0, 0.05) is 20.0 Å². The first kappa shape index (κ1) is 14.4. The standard InChI is InChI=1S/C16H19NO3S/c1-17(10-9-15-6-3-11-20-15)21(18,19)16-8-7-13-4-2-5-14(13)12-16/h3,6-8,11-12H,2,4-5,9-10H2,1H3. The molecule has 0 unspecified atom stereocenters. The van der Waals surface area contributed by atoms with E-state index in [9.17, 15) is 8.42 Å². The number of fused-ring (bicyclic) bond motifs is 1. The van der Waals surface area contributed by atoms with Crippen LogP contribution >= 0.6 is 0 Å². The summed E-state index contributed by atoms with van der Waals surface area (Å²) >= 11 is 0. The Morgan fingerprint density at radius 1 is 1.19 bits per heavy atom. The molecule has 1 aromatic carbocycles.